The van der Waals surface area contributed by atoms with Gasteiger partial charge in [-0.05, 0) is 23.6 Å². The summed E-state index contributed by atoms with van der Waals surface area (Å²) in [6.07, 6.45) is 0. The van der Waals surface area contributed by atoms with Gasteiger partial charge in [0.2, 0.25) is 0 Å². The van der Waals surface area contributed by atoms with Crippen LogP contribution in [0.3, 0.4) is 0 Å². The summed E-state index contributed by atoms with van der Waals surface area (Å²) in [6, 6.07) is 2.66. The molecule has 1 aromatic carbocycles. The molecular formula is C15H23F2N3. The summed E-state index contributed by atoms with van der Waals surface area (Å²) in [5, 5.41) is 0. The Hall–Kier alpha value is -1.20. The van der Waals surface area contributed by atoms with Crippen molar-refractivity contribution in [1.29, 1.82) is 0 Å². The van der Waals surface area contributed by atoms with Crippen LogP contribution in [0.25, 0.3) is 0 Å². The maximum Gasteiger partial charge on any atom is 0.149 e. The second-order valence-corrected chi connectivity index (χ2v) is 5.79. The van der Waals surface area contributed by atoms with Crippen molar-refractivity contribution in [2.24, 2.45) is 11.7 Å². The van der Waals surface area contributed by atoms with Crippen LogP contribution < -0.4 is 10.6 Å². The van der Waals surface area contributed by atoms with Gasteiger partial charge >= 0.3 is 0 Å². The SMILES string of the molecule is CC(C)CN1CCN(c2c(F)cc(CN)cc2F)CC1. The molecule has 1 fully saturated rings. The molecule has 1 aromatic rings. The van der Waals surface area contributed by atoms with Crippen LogP contribution in [0.5, 0.6) is 0 Å². The van der Waals surface area contributed by atoms with E-state index in [1.807, 2.05) is 0 Å². The minimum absolute atomic E-state index is 0.0893. The Kier molecular flexibility index (Phi) is 4.94. The van der Waals surface area contributed by atoms with Crippen LogP contribution in [-0.2, 0) is 6.54 Å². The quantitative estimate of drug-likeness (QED) is 0.919. The Bertz CT molecular complexity index is 431. The molecule has 0 aromatic heterocycles. The molecule has 1 aliphatic heterocycles. The van der Waals surface area contributed by atoms with Crippen molar-refractivity contribution in [3.05, 3.63) is 29.3 Å². The van der Waals surface area contributed by atoms with Gasteiger partial charge < -0.3 is 10.6 Å². The zero-order valence-corrected chi connectivity index (χ0v) is 12.2. The lowest BCUT2D eigenvalue weighted by molar-refractivity contribution is 0.230. The van der Waals surface area contributed by atoms with E-state index < -0.39 is 11.6 Å². The van der Waals surface area contributed by atoms with Gasteiger partial charge in [-0.2, -0.15) is 0 Å². The van der Waals surface area contributed by atoms with Crippen LogP contribution in [0.1, 0.15) is 19.4 Å². The van der Waals surface area contributed by atoms with Gasteiger partial charge in [-0.3, -0.25) is 4.90 Å². The highest BCUT2D eigenvalue weighted by Gasteiger charge is 2.23. The summed E-state index contributed by atoms with van der Waals surface area (Å²) >= 11 is 0. The van der Waals surface area contributed by atoms with Crippen molar-refractivity contribution >= 4 is 5.69 Å². The zero-order valence-electron chi connectivity index (χ0n) is 12.2. The summed E-state index contributed by atoms with van der Waals surface area (Å²) < 4.78 is 28.1. The van der Waals surface area contributed by atoms with Gasteiger partial charge in [0.05, 0.1) is 0 Å². The fourth-order valence-electron chi connectivity index (χ4n) is 2.71. The first-order valence-corrected chi connectivity index (χ1v) is 7.16. The molecule has 0 amide bonds. The van der Waals surface area contributed by atoms with E-state index in [1.54, 1.807) is 4.90 Å². The number of hydrogen-bond acceptors (Lipinski definition) is 3. The third-order valence-electron chi connectivity index (χ3n) is 3.62. The molecule has 2 rings (SSSR count). The fourth-order valence-corrected chi connectivity index (χ4v) is 2.71. The smallest absolute Gasteiger partial charge is 0.149 e. The Morgan fingerprint density at radius 3 is 2.10 bits per heavy atom. The summed E-state index contributed by atoms with van der Waals surface area (Å²) in [6.45, 7) is 8.53. The van der Waals surface area contributed by atoms with E-state index in [0.717, 1.165) is 19.6 Å². The molecule has 0 unspecified atom stereocenters. The lowest BCUT2D eigenvalue weighted by Gasteiger charge is -2.37. The van der Waals surface area contributed by atoms with Gasteiger partial charge in [-0.25, -0.2) is 8.78 Å². The molecule has 0 radical (unpaired) electrons. The monoisotopic (exact) mass is 283 g/mol. The van der Waals surface area contributed by atoms with E-state index in [9.17, 15) is 8.78 Å². The Labute approximate surface area is 119 Å². The van der Waals surface area contributed by atoms with E-state index in [4.69, 9.17) is 5.73 Å². The predicted octanol–water partition coefficient (Wildman–Crippen LogP) is 2.20. The highest BCUT2D eigenvalue weighted by molar-refractivity contribution is 5.51. The topological polar surface area (TPSA) is 32.5 Å². The number of benzene rings is 1. The van der Waals surface area contributed by atoms with Crippen LogP contribution >= 0.6 is 0 Å². The summed E-state index contributed by atoms with van der Waals surface area (Å²) in [7, 11) is 0. The lowest BCUT2D eigenvalue weighted by Crippen LogP contribution is -2.48. The number of anilines is 1. The van der Waals surface area contributed by atoms with Crippen molar-refractivity contribution < 1.29 is 8.78 Å². The Balaban J connectivity index is 2.07. The van der Waals surface area contributed by atoms with Crippen LogP contribution in [0.2, 0.25) is 0 Å². The highest BCUT2D eigenvalue weighted by atomic mass is 19.1. The van der Waals surface area contributed by atoms with Crippen LogP contribution in [0.4, 0.5) is 14.5 Å². The van der Waals surface area contributed by atoms with E-state index in [0.29, 0.717) is 24.6 Å². The number of piperazine rings is 1. The number of nitrogens with two attached hydrogens (primary N) is 1. The normalized spacial score (nSPS) is 17.0. The van der Waals surface area contributed by atoms with Gasteiger partial charge in [-0.15, -0.1) is 0 Å². The Morgan fingerprint density at radius 1 is 1.10 bits per heavy atom. The number of hydrogen-bond donors (Lipinski definition) is 1. The molecule has 0 spiro atoms. The second-order valence-electron chi connectivity index (χ2n) is 5.79. The van der Waals surface area contributed by atoms with Crippen molar-refractivity contribution in [2.45, 2.75) is 20.4 Å². The maximum atomic E-state index is 14.0. The van der Waals surface area contributed by atoms with Crippen LogP contribution in [-0.4, -0.2) is 37.6 Å². The molecule has 5 heteroatoms. The predicted molar refractivity (Wildman–Crippen MR) is 77.7 cm³/mol. The molecule has 0 bridgehead atoms. The molecule has 3 nitrogen and oxygen atoms in total. The minimum Gasteiger partial charge on any atom is -0.364 e. The standard InChI is InChI=1S/C15H23F2N3/c1-11(2)10-19-3-5-20(6-4-19)15-13(16)7-12(9-18)8-14(15)17/h7-8,11H,3-6,9-10,18H2,1-2H3. The largest absolute Gasteiger partial charge is 0.364 e. The summed E-state index contributed by atoms with van der Waals surface area (Å²) in [5.41, 5.74) is 6.00. The molecule has 0 atom stereocenters. The molecule has 0 aliphatic carbocycles. The van der Waals surface area contributed by atoms with E-state index in [-0.39, 0.29) is 12.2 Å². The van der Waals surface area contributed by atoms with Crippen LogP contribution in [0, 0.1) is 17.6 Å². The zero-order chi connectivity index (χ0) is 14.7. The third kappa shape index (κ3) is 3.46. The molecular weight excluding hydrogens is 260 g/mol. The molecule has 0 saturated carbocycles. The average molecular weight is 283 g/mol. The molecule has 1 heterocycles. The van der Waals surface area contributed by atoms with Crippen LogP contribution in [0.15, 0.2) is 12.1 Å². The summed E-state index contributed by atoms with van der Waals surface area (Å²) in [5.74, 6) is -0.413. The van der Waals surface area contributed by atoms with Crippen molar-refractivity contribution in [2.75, 3.05) is 37.6 Å². The second kappa shape index (κ2) is 6.50. The van der Waals surface area contributed by atoms with Crippen molar-refractivity contribution in [1.82, 2.24) is 4.90 Å². The van der Waals surface area contributed by atoms with Gasteiger partial charge in [-0.1, -0.05) is 13.8 Å². The average Bonchev–Trinajstić information content (AvgIpc) is 2.39. The van der Waals surface area contributed by atoms with Gasteiger partial charge in [0.25, 0.3) is 0 Å². The molecule has 1 saturated heterocycles. The van der Waals surface area contributed by atoms with Crippen molar-refractivity contribution in [3.8, 4) is 0 Å². The molecule has 1 aliphatic rings. The lowest BCUT2D eigenvalue weighted by atomic mass is 10.1. The number of nitrogens with zero attached hydrogens (tertiary/aromatic N) is 2. The van der Waals surface area contributed by atoms with E-state index in [2.05, 4.69) is 18.7 Å². The van der Waals surface area contributed by atoms with Gasteiger partial charge in [0, 0.05) is 39.3 Å². The third-order valence-corrected chi connectivity index (χ3v) is 3.62. The Morgan fingerprint density at radius 2 is 1.65 bits per heavy atom. The minimum atomic E-state index is -0.511. The molecule has 20 heavy (non-hydrogen) atoms. The highest BCUT2D eigenvalue weighted by Crippen LogP contribution is 2.26. The fraction of sp³-hybridized carbons (Fsp3) is 0.600. The van der Waals surface area contributed by atoms with Gasteiger partial charge in [0.1, 0.15) is 17.3 Å². The van der Waals surface area contributed by atoms with E-state index in [1.165, 1.54) is 12.1 Å². The molecule has 2 N–H and O–H groups in total. The summed E-state index contributed by atoms with van der Waals surface area (Å²) in [4.78, 5) is 4.13. The first-order chi connectivity index (χ1) is 9.51. The van der Waals surface area contributed by atoms with Crippen molar-refractivity contribution in [3.63, 3.8) is 0 Å². The first kappa shape index (κ1) is 15.2. The van der Waals surface area contributed by atoms with E-state index >= 15 is 0 Å². The number of rotatable bonds is 4. The van der Waals surface area contributed by atoms with Gasteiger partial charge in [0.15, 0.2) is 0 Å². The maximum absolute atomic E-state index is 14.0. The first-order valence-electron chi connectivity index (χ1n) is 7.16. The molecule has 112 valence electrons. The number of halogens is 2.